The lowest BCUT2D eigenvalue weighted by Crippen LogP contribution is -2.55. The third kappa shape index (κ3) is 2.69. The molecule has 2 N–H and O–H groups in total. The van der Waals surface area contributed by atoms with Gasteiger partial charge in [-0.1, -0.05) is 6.92 Å². The molecule has 1 saturated heterocycles. The summed E-state index contributed by atoms with van der Waals surface area (Å²) in [6.07, 6.45) is 0. The molecule has 4 atom stereocenters. The molecule has 4 unspecified atom stereocenters. The lowest BCUT2D eigenvalue weighted by Gasteiger charge is -2.40. The highest BCUT2D eigenvalue weighted by molar-refractivity contribution is 5.79. The largest absolute Gasteiger partial charge is 0.377 e. The highest BCUT2D eigenvalue weighted by atomic mass is 16.5. The Morgan fingerprint density at radius 2 is 1.80 bits per heavy atom. The van der Waals surface area contributed by atoms with Gasteiger partial charge in [-0.15, -0.1) is 0 Å². The summed E-state index contributed by atoms with van der Waals surface area (Å²) < 4.78 is 5.39. The summed E-state index contributed by atoms with van der Waals surface area (Å²) in [4.78, 5) is 14.1. The van der Waals surface area contributed by atoms with Crippen molar-refractivity contribution in [1.82, 2.24) is 4.90 Å². The van der Waals surface area contributed by atoms with Gasteiger partial charge in [-0.25, -0.2) is 0 Å². The first-order valence-corrected chi connectivity index (χ1v) is 5.60. The van der Waals surface area contributed by atoms with Crippen molar-refractivity contribution in [1.29, 1.82) is 0 Å². The van der Waals surface area contributed by atoms with Crippen LogP contribution in [0.15, 0.2) is 0 Å². The van der Waals surface area contributed by atoms with Gasteiger partial charge in [0, 0.05) is 6.04 Å². The maximum absolute atomic E-state index is 12.2. The SMILES string of the molecule is CC(N)C(C)C(=O)N1C(C)COCC1C. The van der Waals surface area contributed by atoms with Crippen molar-refractivity contribution < 1.29 is 9.53 Å². The van der Waals surface area contributed by atoms with E-state index in [1.165, 1.54) is 0 Å². The first-order valence-electron chi connectivity index (χ1n) is 5.60. The van der Waals surface area contributed by atoms with E-state index in [1.54, 1.807) is 0 Å². The molecule has 1 aliphatic heterocycles. The first-order chi connectivity index (χ1) is 6.95. The van der Waals surface area contributed by atoms with Crippen molar-refractivity contribution in [2.45, 2.75) is 45.8 Å². The predicted octanol–water partition coefficient (Wildman–Crippen LogP) is 0.605. The molecule has 0 saturated carbocycles. The van der Waals surface area contributed by atoms with Gasteiger partial charge in [-0.05, 0) is 20.8 Å². The van der Waals surface area contributed by atoms with Crippen LogP contribution in [0.3, 0.4) is 0 Å². The maximum atomic E-state index is 12.2. The molecule has 1 aliphatic rings. The highest BCUT2D eigenvalue weighted by Crippen LogP contribution is 2.17. The highest BCUT2D eigenvalue weighted by Gasteiger charge is 2.33. The van der Waals surface area contributed by atoms with Crippen LogP contribution >= 0.6 is 0 Å². The lowest BCUT2D eigenvalue weighted by molar-refractivity contribution is -0.148. The number of morpholine rings is 1. The molecule has 0 aromatic rings. The van der Waals surface area contributed by atoms with Crippen molar-refractivity contribution in [2.75, 3.05) is 13.2 Å². The van der Waals surface area contributed by atoms with E-state index in [1.807, 2.05) is 32.6 Å². The number of nitrogens with two attached hydrogens (primary N) is 1. The number of hydrogen-bond acceptors (Lipinski definition) is 3. The standard InChI is InChI=1S/C11H22N2O2/c1-7-5-15-6-8(2)13(7)11(14)9(3)10(4)12/h7-10H,5-6,12H2,1-4H3. The molecule has 1 fully saturated rings. The quantitative estimate of drug-likeness (QED) is 0.732. The van der Waals surface area contributed by atoms with Gasteiger partial charge in [-0.3, -0.25) is 4.79 Å². The van der Waals surface area contributed by atoms with Crippen molar-refractivity contribution in [2.24, 2.45) is 11.7 Å². The van der Waals surface area contributed by atoms with Crippen LogP contribution in [0, 0.1) is 5.92 Å². The van der Waals surface area contributed by atoms with E-state index >= 15 is 0 Å². The molecule has 0 bridgehead atoms. The van der Waals surface area contributed by atoms with Crippen molar-refractivity contribution in [3.05, 3.63) is 0 Å². The molecule has 15 heavy (non-hydrogen) atoms. The van der Waals surface area contributed by atoms with Crippen LogP contribution < -0.4 is 5.73 Å². The molecular weight excluding hydrogens is 192 g/mol. The molecule has 88 valence electrons. The van der Waals surface area contributed by atoms with E-state index in [2.05, 4.69) is 0 Å². The smallest absolute Gasteiger partial charge is 0.227 e. The van der Waals surface area contributed by atoms with Crippen molar-refractivity contribution >= 4 is 5.91 Å². The number of ether oxygens (including phenoxy) is 1. The number of carbonyl (C=O) groups excluding carboxylic acids is 1. The zero-order chi connectivity index (χ0) is 11.6. The summed E-state index contributed by atoms with van der Waals surface area (Å²) in [5.74, 6) is 0.0290. The van der Waals surface area contributed by atoms with Gasteiger partial charge in [0.05, 0.1) is 31.2 Å². The monoisotopic (exact) mass is 214 g/mol. The van der Waals surface area contributed by atoms with E-state index in [4.69, 9.17) is 10.5 Å². The topological polar surface area (TPSA) is 55.6 Å². The van der Waals surface area contributed by atoms with Crippen LogP contribution in [0.25, 0.3) is 0 Å². The Balaban J connectivity index is 2.71. The summed E-state index contributed by atoms with van der Waals surface area (Å²) in [6, 6.07) is 0.213. The number of amides is 1. The Labute approximate surface area is 91.8 Å². The molecule has 1 amide bonds. The molecule has 0 radical (unpaired) electrons. The normalized spacial score (nSPS) is 31.1. The van der Waals surface area contributed by atoms with E-state index in [0.717, 1.165) is 0 Å². The maximum Gasteiger partial charge on any atom is 0.227 e. The average Bonchev–Trinajstić information content (AvgIpc) is 2.15. The number of nitrogens with zero attached hydrogens (tertiary/aromatic N) is 1. The number of carbonyl (C=O) groups is 1. The van der Waals surface area contributed by atoms with Gasteiger partial charge in [-0.2, -0.15) is 0 Å². The first kappa shape index (κ1) is 12.5. The Bertz CT molecular complexity index is 221. The average molecular weight is 214 g/mol. The molecule has 4 nitrogen and oxygen atoms in total. The summed E-state index contributed by atoms with van der Waals surface area (Å²) in [5, 5.41) is 0. The molecule has 4 heteroatoms. The van der Waals surface area contributed by atoms with E-state index in [-0.39, 0.29) is 30.0 Å². The van der Waals surface area contributed by atoms with Gasteiger partial charge in [0.25, 0.3) is 0 Å². The van der Waals surface area contributed by atoms with E-state index in [0.29, 0.717) is 13.2 Å². The molecule has 0 aliphatic carbocycles. The van der Waals surface area contributed by atoms with Crippen LogP contribution in [-0.4, -0.2) is 42.1 Å². The lowest BCUT2D eigenvalue weighted by atomic mass is 10.0. The zero-order valence-electron chi connectivity index (χ0n) is 10.1. The third-order valence-electron chi connectivity index (χ3n) is 3.10. The summed E-state index contributed by atoms with van der Waals surface area (Å²) in [7, 11) is 0. The molecule has 0 aromatic carbocycles. The second-order valence-electron chi connectivity index (χ2n) is 4.63. The summed E-state index contributed by atoms with van der Waals surface area (Å²) in [5.41, 5.74) is 5.76. The minimum absolute atomic E-state index is 0.0975. The predicted molar refractivity (Wildman–Crippen MR) is 59.4 cm³/mol. The van der Waals surface area contributed by atoms with Crippen LogP contribution in [0.2, 0.25) is 0 Å². The van der Waals surface area contributed by atoms with Crippen molar-refractivity contribution in [3.63, 3.8) is 0 Å². The molecule has 1 rings (SSSR count). The fraction of sp³-hybridized carbons (Fsp3) is 0.909. The Kier molecular flexibility index (Phi) is 4.11. The van der Waals surface area contributed by atoms with Crippen LogP contribution in [0.1, 0.15) is 27.7 Å². The van der Waals surface area contributed by atoms with Gasteiger partial charge in [0.2, 0.25) is 5.91 Å². The Hall–Kier alpha value is -0.610. The van der Waals surface area contributed by atoms with Crippen LogP contribution in [0.5, 0.6) is 0 Å². The van der Waals surface area contributed by atoms with Crippen LogP contribution in [0.4, 0.5) is 0 Å². The molecular formula is C11H22N2O2. The van der Waals surface area contributed by atoms with Gasteiger partial charge >= 0.3 is 0 Å². The van der Waals surface area contributed by atoms with Gasteiger partial charge < -0.3 is 15.4 Å². The second-order valence-corrected chi connectivity index (χ2v) is 4.63. The van der Waals surface area contributed by atoms with Crippen LogP contribution in [-0.2, 0) is 9.53 Å². The number of rotatable bonds is 2. The third-order valence-corrected chi connectivity index (χ3v) is 3.10. The minimum Gasteiger partial charge on any atom is -0.377 e. The molecule has 0 aromatic heterocycles. The second kappa shape index (κ2) is 4.94. The zero-order valence-corrected chi connectivity index (χ0v) is 10.1. The van der Waals surface area contributed by atoms with Gasteiger partial charge in [0.1, 0.15) is 0 Å². The Morgan fingerprint density at radius 3 is 2.20 bits per heavy atom. The molecule has 1 heterocycles. The summed E-state index contributed by atoms with van der Waals surface area (Å²) in [6.45, 7) is 9.05. The molecule has 0 spiro atoms. The van der Waals surface area contributed by atoms with Crippen molar-refractivity contribution in [3.8, 4) is 0 Å². The van der Waals surface area contributed by atoms with Gasteiger partial charge in [0.15, 0.2) is 0 Å². The summed E-state index contributed by atoms with van der Waals surface area (Å²) >= 11 is 0. The minimum atomic E-state index is -0.118. The number of hydrogen-bond donors (Lipinski definition) is 1. The van der Waals surface area contributed by atoms with E-state index in [9.17, 15) is 4.79 Å². The fourth-order valence-electron chi connectivity index (χ4n) is 1.90. The van der Waals surface area contributed by atoms with E-state index < -0.39 is 0 Å². The Morgan fingerprint density at radius 1 is 1.33 bits per heavy atom. The fourth-order valence-corrected chi connectivity index (χ4v) is 1.90.